The second kappa shape index (κ2) is 7.50. The van der Waals surface area contributed by atoms with Crippen molar-refractivity contribution in [3.63, 3.8) is 0 Å². The van der Waals surface area contributed by atoms with E-state index in [-0.39, 0.29) is 11.5 Å². The number of urea groups is 1. The molecule has 11 nitrogen and oxygen atoms in total. The number of carbonyl (C=O) groups excluding carboxylic acids is 1. The first-order chi connectivity index (χ1) is 11.9. The summed E-state index contributed by atoms with van der Waals surface area (Å²) in [5, 5.41) is 25.5. The molecule has 0 aliphatic carbocycles. The molecule has 0 aliphatic rings. The molecule has 0 heterocycles. The smallest absolute Gasteiger partial charge is 0.332 e. The molecule has 2 aromatic rings. The summed E-state index contributed by atoms with van der Waals surface area (Å²) < 4.78 is 5.49. The van der Waals surface area contributed by atoms with Gasteiger partial charge in [-0.2, -0.15) is 5.10 Å². The van der Waals surface area contributed by atoms with Crippen LogP contribution in [0.3, 0.4) is 0 Å². The molecule has 0 spiro atoms. The van der Waals surface area contributed by atoms with Crippen molar-refractivity contribution in [2.75, 3.05) is 0 Å². The number of nitrogens with two attached hydrogens (primary N) is 1. The summed E-state index contributed by atoms with van der Waals surface area (Å²) in [7, 11) is 0. The predicted molar refractivity (Wildman–Crippen MR) is 86.6 cm³/mol. The summed E-state index contributed by atoms with van der Waals surface area (Å²) >= 11 is 0. The molecule has 11 heteroatoms. The summed E-state index contributed by atoms with van der Waals surface area (Å²) in [6.45, 7) is 0. The van der Waals surface area contributed by atoms with Crippen LogP contribution in [0.4, 0.5) is 16.2 Å². The Morgan fingerprint density at radius 2 is 1.84 bits per heavy atom. The first-order valence-electron chi connectivity index (χ1n) is 6.66. The van der Waals surface area contributed by atoms with Crippen LogP contribution in [-0.2, 0) is 0 Å². The van der Waals surface area contributed by atoms with Crippen molar-refractivity contribution in [1.29, 1.82) is 0 Å². The van der Waals surface area contributed by atoms with E-state index in [2.05, 4.69) is 5.10 Å². The minimum Gasteiger partial charge on any atom is -0.449 e. The number of carbonyl (C=O) groups is 1. The Morgan fingerprint density at radius 3 is 2.48 bits per heavy atom. The van der Waals surface area contributed by atoms with Gasteiger partial charge in [0.05, 0.1) is 22.1 Å². The number of hydrogen-bond donors (Lipinski definition) is 2. The number of nitrogens with one attached hydrogen (secondary N) is 1. The van der Waals surface area contributed by atoms with Crippen molar-refractivity contribution in [3.05, 3.63) is 68.3 Å². The molecule has 3 N–H and O–H groups in total. The largest absolute Gasteiger partial charge is 0.449 e. The first kappa shape index (κ1) is 17.3. The van der Waals surface area contributed by atoms with E-state index in [9.17, 15) is 25.0 Å². The van der Waals surface area contributed by atoms with Gasteiger partial charge in [-0.15, -0.1) is 0 Å². The van der Waals surface area contributed by atoms with Gasteiger partial charge < -0.3 is 10.5 Å². The third-order valence-corrected chi connectivity index (χ3v) is 2.87. The van der Waals surface area contributed by atoms with Crippen LogP contribution in [0.2, 0.25) is 0 Å². The van der Waals surface area contributed by atoms with E-state index in [1.807, 2.05) is 5.43 Å². The van der Waals surface area contributed by atoms with Crippen LogP contribution in [0.15, 0.2) is 47.6 Å². The number of non-ortho nitro benzene ring substituents is 1. The summed E-state index contributed by atoms with van der Waals surface area (Å²) in [6.07, 6.45) is 1.23. The molecule has 0 saturated heterocycles. The molecule has 2 rings (SSSR count). The SMILES string of the molecule is NC(=O)N/N=C/c1ccccc1Oc1ccc([N+](=O)[O-])cc1[N+](=O)[O-]. The molecule has 2 aromatic carbocycles. The zero-order valence-electron chi connectivity index (χ0n) is 12.5. The fourth-order valence-electron chi connectivity index (χ4n) is 1.81. The van der Waals surface area contributed by atoms with E-state index in [0.29, 0.717) is 5.56 Å². The lowest BCUT2D eigenvalue weighted by atomic mass is 10.2. The maximum Gasteiger partial charge on any atom is 0.332 e. The van der Waals surface area contributed by atoms with Crippen LogP contribution in [0, 0.1) is 20.2 Å². The maximum absolute atomic E-state index is 11.1. The molecule has 0 radical (unpaired) electrons. The third-order valence-electron chi connectivity index (χ3n) is 2.87. The van der Waals surface area contributed by atoms with E-state index in [4.69, 9.17) is 10.5 Å². The number of hydrazone groups is 1. The fraction of sp³-hybridized carbons (Fsp3) is 0. The number of nitrogens with zero attached hydrogens (tertiary/aromatic N) is 3. The molecular weight excluding hydrogens is 334 g/mol. The maximum atomic E-state index is 11.1. The number of hydrogen-bond acceptors (Lipinski definition) is 7. The Balaban J connectivity index is 2.37. The zero-order chi connectivity index (χ0) is 18.4. The topological polar surface area (TPSA) is 163 Å². The van der Waals surface area contributed by atoms with Crippen LogP contribution in [-0.4, -0.2) is 22.1 Å². The molecule has 0 bridgehead atoms. The first-order valence-corrected chi connectivity index (χ1v) is 6.66. The highest BCUT2D eigenvalue weighted by Crippen LogP contribution is 2.35. The number of rotatable bonds is 6. The summed E-state index contributed by atoms with van der Waals surface area (Å²) in [5.41, 5.74) is 6.29. The van der Waals surface area contributed by atoms with Crippen LogP contribution >= 0.6 is 0 Å². The number of amides is 2. The molecule has 0 fully saturated rings. The molecule has 25 heavy (non-hydrogen) atoms. The Bertz CT molecular complexity index is 867. The van der Waals surface area contributed by atoms with E-state index < -0.39 is 27.3 Å². The van der Waals surface area contributed by atoms with Crippen molar-refractivity contribution >= 4 is 23.6 Å². The van der Waals surface area contributed by atoms with Gasteiger partial charge in [0.1, 0.15) is 5.75 Å². The molecule has 0 aromatic heterocycles. The van der Waals surface area contributed by atoms with E-state index in [1.165, 1.54) is 12.3 Å². The van der Waals surface area contributed by atoms with Gasteiger partial charge in [-0.05, 0) is 18.2 Å². The molecule has 2 amide bonds. The molecular formula is C14H11N5O6. The second-order valence-electron chi connectivity index (χ2n) is 4.54. The lowest BCUT2D eigenvalue weighted by Gasteiger charge is -2.08. The monoisotopic (exact) mass is 345 g/mol. The number of nitro groups is 2. The zero-order valence-corrected chi connectivity index (χ0v) is 12.5. The van der Waals surface area contributed by atoms with Crippen molar-refractivity contribution in [2.45, 2.75) is 0 Å². The van der Waals surface area contributed by atoms with Gasteiger partial charge in [0.15, 0.2) is 0 Å². The lowest BCUT2D eigenvalue weighted by Crippen LogP contribution is -2.24. The molecule has 0 aliphatic heterocycles. The molecule has 128 valence electrons. The van der Waals surface area contributed by atoms with Crippen molar-refractivity contribution < 1.29 is 19.4 Å². The standard InChI is InChI=1S/C14H11N5O6/c15-14(20)17-16-8-9-3-1-2-4-12(9)25-13-6-5-10(18(21)22)7-11(13)19(23)24/h1-8H,(H3,15,17,20)/b16-8+. The average Bonchev–Trinajstić information content (AvgIpc) is 2.56. The van der Waals surface area contributed by atoms with Gasteiger partial charge in [0.25, 0.3) is 5.69 Å². The second-order valence-corrected chi connectivity index (χ2v) is 4.54. The number of ether oxygens (including phenoxy) is 1. The lowest BCUT2D eigenvalue weighted by molar-refractivity contribution is -0.394. The van der Waals surface area contributed by atoms with E-state index in [0.717, 1.165) is 18.2 Å². The number of benzene rings is 2. The van der Waals surface area contributed by atoms with E-state index in [1.54, 1.807) is 18.2 Å². The molecule has 0 unspecified atom stereocenters. The minimum absolute atomic E-state index is 0.181. The van der Waals surface area contributed by atoms with Crippen LogP contribution in [0.1, 0.15) is 5.56 Å². The summed E-state index contributed by atoms with van der Waals surface area (Å²) in [5.74, 6) is 0.00813. The third kappa shape index (κ3) is 4.48. The van der Waals surface area contributed by atoms with Crippen molar-refractivity contribution in [1.82, 2.24) is 5.43 Å². The Labute approximate surface area is 140 Å². The van der Waals surface area contributed by atoms with Gasteiger partial charge in [-0.3, -0.25) is 20.2 Å². The summed E-state index contributed by atoms with van der Waals surface area (Å²) in [6, 6.07) is 8.53. The quantitative estimate of drug-likeness (QED) is 0.463. The van der Waals surface area contributed by atoms with Crippen LogP contribution in [0.5, 0.6) is 11.5 Å². The van der Waals surface area contributed by atoms with Crippen LogP contribution in [0.25, 0.3) is 0 Å². The number of nitro benzene ring substituents is 2. The minimum atomic E-state index is -0.861. The van der Waals surface area contributed by atoms with Gasteiger partial charge in [-0.25, -0.2) is 10.2 Å². The fourth-order valence-corrected chi connectivity index (χ4v) is 1.81. The van der Waals surface area contributed by atoms with Gasteiger partial charge in [0, 0.05) is 11.6 Å². The predicted octanol–water partition coefficient (Wildman–Crippen LogP) is 2.30. The van der Waals surface area contributed by atoms with Crippen LogP contribution < -0.4 is 15.9 Å². The highest BCUT2D eigenvalue weighted by atomic mass is 16.6. The van der Waals surface area contributed by atoms with Gasteiger partial charge in [0.2, 0.25) is 5.75 Å². The van der Waals surface area contributed by atoms with Crippen molar-refractivity contribution in [2.24, 2.45) is 10.8 Å². The summed E-state index contributed by atoms with van der Waals surface area (Å²) in [4.78, 5) is 31.0. The number of primary amides is 1. The van der Waals surface area contributed by atoms with Crippen molar-refractivity contribution in [3.8, 4) is 11.5 Å². The Morgan fingerprint density at radius 1 is 1.12 bits per heavy atom. The molecule has 0 saturated carbocycles. The normalized spacial score (nSPS) is 10.4. The van der Waals surface area contributed by atoms with E-state index >= 15 is 0 Å². The highest BCUT2D eigenvalue weighted by Gasteiger charge is 2.21. The van der Waals surface area contributed by atoms with Gasteiger partial charge in [-0.1, -0.05) is 12.1 Å². The Hall–Kier alpha value is -4.02. The average molecular weight is 345 g/mol. The molecule has 0 atom stereocenters. The Kier molecular flexibility index (Phi) is 5.20. The van der Waals surface area contributed by atoms with Gasteiger partial charge >= 0.3 is 11.7 Å². The highest BCUT2D eigenvalue weighted by molar-refractivity contribution is 5.85. The number of para-hydroxylation sites is 1.